The maximum absolute atomic E-state index is 14.3. The third-order valence-electron chi connectivity index (χ3n) is 6.35. The summed E-state index contributed by atoms with van der Waals surface area (Å²) < 4.78 is 27.7. The van der Waals surface area contributed by atoms with Crippen LogP contribution in [-0.2, 0) is 11.8 Å². The van der Waals surface area contributed by atoms with Crippen LogP contribution in [-0.4, -0.2) is 65.1 Å². The highest BCUT2D eigenvalue weighted by atomic mass is 31.0. The van der Waals surface area contributed by atoms with E-state index in [2.05, 4.69) is 31.0 Å². The number of benzene rings is 1. The monoisotopic (exact) mass is 513 g/mol. The highest BCUT2D eigenvalue weighted by molar-refractivity contribution is 7.16. The third kappa shape index (κ3) is 6.27. The van der Waals surface area contributed by atoms with Crippen molar-refractivity contribution < 1.29 is 13.9 Å². The van der Waals surface area contributed by atoms with Gasteiger partial charge in [-0.1, -0.05) is 19.1 Å². The van der Waals surface area contributed by atoms with Gasteiger partial charge in [0.05, 0.1) is 31.6 Å². The second-order valence-electron chi connectivity index (χ2n) is 8.66. The van der Waals surface area contributed by atoms with Crippen molar-refractivity contribution in [2.45, 2.75) is 19.4 Å². The zero-order valence-electron chi connectivity index (χ0n) is 20.8. The van der Waals surface area contributed by atoms with Gasteiger partial charge in [0, 0.05) is 44.2 Å². The number of hydrogen-bond donors (Lipinski definition) is 0. The van der Waals surface area contributed by atoms with Gasteiger partial charge in [-0.15, -0.1) is 9.24 Å². The van der Waals surface area contributed by atoms with Crippen molar-refractivity contribution >= 4 is 15.2 Å². The van der Waals surface area contributed by atoms with Gasteiger partial charge in [-0.2, -0.15) is 0 Å². The predicted molar refractivity (Wildman–Crippen MR) is 142 cm³/mol. The molecule has 1 aliphatic rings. The average Bonchev–Trinajstić information content (AvgIpc) is 2.91. The molecule has 0 N–H and O–H groups in total. The minimum Gasteiger partial charge on any atom is -0.494 e. The molecule has 1 saturated heterocycles. The number of aromatic nitrogens is 3. The van der Waals surface area contributed by atoms with E-state index in [9.17, 15) is 9.18 Å². The Hall–Kier alpha value is -2.87. The smallest absolute Gasteiger partial charge is 0.255 e. The molecule has 0 saturated carbocycles. The summed E-state index contributed by atoms with van der Waals surface area (Å²) in [4.78, 5) is 25.4. The van der Waals surface area contributed by atoms with Crippen LogP contribution in [0.15, 0.2) is 53.6 Å². The number of anilines is 1. The number of halogens is 1. The quantitative estimate of drug-likeness (QED) is 0.304. The van der Waals surface area contributed by atoms with Crippen LogP contribution in [0.3, 0.4) is 0 Å². The topological polar surface area (TPSA) is 72.7 Å². The lowest BCUT2D eigenvalue weighted by atomic mass is 10.1. The predicted octanol–water partition coefficient (Wildman–Crippen LogP) is 3.48. The molecule has 8 nitrogen and oxygen atoms in total. The van der Waals surface area contributed by atoms with Crippen LogP contribution < -0.4 is 15.2 Å². The van der Waals surface area contributed by atoms with E-state index in [-0.39, 0.29) is 22.9 Å². The van der Waals surface area contributed by atoms with Crippen molar-refractivity contribution in [3.8, 4) is 17.0 Å². The molecule has 0 radical (unpaired) electrons. The third-order valence-corrected chi connectivity index (χ3v) is 6.87. The van der Waals surface area contributed by atoms with Gasteiger partial charge in [0.15, 0.2) is 5.82 Å². The summed E-state index contributed by atoms with van der Waals surface area (Å²) in [5.41, 5.74) is 1.31. The minimum atomic E-state index is -0.515. The van der Waals surface area contributed by atoms with E-state index in [1.54, 1.807) is 7.05 Å². The van der Waals surface area contributed by atoms with Gasteiger partial charge in [-0.25, -0.2) is 9.37 Å². The van der Waals surface area contributed by atoms with Crippen LogP contribution in [0.4, 0.5) is 10.3 Å². The van der Waals surface area contributed by atoms with Crippen molar-refractivity contribution in [2.75, 3.05) is 50.6 Å². The molecule has 1 fully saturated rings. The van der Waals surface area contributed by atoms with Crippen molar-refractivity contribution in [1.29, 1.82) is 0 Å². The first kappa shape index (κ1) is 26.2. The van der Waals surface area contributed by atoms with E-state index in [1.807, 2.05) is 29.2 Å². The Morgan fingerprint density at radius 3 is 2.81 bits per heavy atom. The largest absolute Gasteiger partial charge is 0.494 e. The van der Waals surface area contributed by atoms with E-state index in [0.717, 1.165) is 43.3 Å². The first-order valence-electron chi connectivity index (χ1n) is 12.2. The molecule has 0 amide bonds. The standard InChI is InChI=1S/C26H33FN5O3P/c1-3-31(18-36)11-4-13-34-20-7-5-19(6-8-20)24-17-32(12-14-35-24)26-29-23(15-25(33)30(26)2)21-9-10-28-16-22(21)27/h5-10,15-16,24H,3-4,11-14,17-18,36H2,1-2H3. The van der Waals surface area contributed by atoms with Crippen LogP contribution in [0.1, 0.15) is 25.0 Å². The highest BCUT2D eigenvalue weighted by Gasteiger charge is 2.25. The van der Waals surface area contributed by atoms with Crippen LogP contribution in [0.5, 0.6) is 5.75 Å². The first-order chi connectivity index (χ1) is 17.5. The summed E-state index contributed by atoms with van der Waals surface area (Å²) in [6.07, 6.45) is 4.36. The molecular formula is C26H33FN5O3P. The number of rotatable bonds is 10. The molecule has 36 heavy (non-hydrogen) atoms. The first-order valence-corrected chi connectivity index (χ1v) is 13.0. The summed E-state index contributed by atoms with van der Waals surface area (Å²) in [5.74, 6) is 0.795. The molecule has 10 heteroatoms. The molecule has 3 aromatic rings. The van der Waals surface area contributed by atoms with Crippen LogP contribution in [0.25, 0.3) is 11.3 Å². The Morgan fingerprint density at radius 2 is 2.08 bits per heavy atom. The molecular weight excluding hydrogens is 480 g/mol. The van der Waals surface area contributed by atoms with Gasteiger partial charge in [0.1, 0.15) is 11.9 Å². The Labute approximate surface area is 213 Å². The Bertz CT molecular complexity index is 1200. The number of morpholine rings is 1. The number of pyridine rings is 1. The van der Waals surface area contributed by atoms with Gasteiger partial charge in [0.2, 0.25) is 5.95 Å². The lowest BCUT2D eigenvalue weighted by molar-refractivity contribution is 0.0389. The normalized spacial score (nSPS) is 15.9. The summed E-state index contributed by atoms with van der Waals surface area (Å²) in [6.45, 7) is 6.44. The van der Waals surface area contributed by atoms with Gasteiger partial charge >= 0.3 is 0 Å². The molecule has 3 heterocycles. The zero-order chi connectivity index (χ0) is 25.5. The molecule has 2 unspecified atom stereocenters. The number of hydrogen-bond acceptors (Lipinski definition) is 7. The van der Waals surface area contributed by atoms with E-state index in [1.165, 1.54) is 22.9 Å². The van der Waals surface area contributed by atoms with Crippen LogP contribution in [0.2, 0.25) is 0 Å². The molecule has 2 aromatic heterocycles. The zero-order valence-corrected chi connectivity index (χ0v) is 21.9. The van der Waals surface area contributed by atoms with E-state index in [0.29, 0.717) is 32.3 Å². The highest BCUT2D eigenvalue weighted by Crippen LogP contribution is 2.28. The van der Waals surface area contributed by atoms with E-state index < -0.39 is 5.82 Å². The second kappa shape index (κ2) is 12.4. The fourth-order valence-corrected chi connectivity index (χ4v) is 4.64. The average molecular weight is 514 g/mol. The van der Waals surface area contributed by atoms with Gasteiger partial charge in [-0.05, 0) is 36.7 Å². The van der Waals surface area contributed by atoms with Gasteiger partial charge < -0.3 is 14.4 Å². The lowest BCUT2D eigenvalue weighted by Gasteiger charge is -2.34. The lowest BCUT2D eigenvalue weighted by Crippen LogP contribution is -2.41. The molecule has 1 aliphatic heterocycles. The number of ether oxygens (including phenoxy) is 2. The Balaban J connectivity index is 1.43. The fourth-order valence-electron chi connectivity index (χ4n) is 4.20. The molecule has 192 valence electrons. The summed E-state index contributed by atoms with van der Waals surface area (Å²) in [7, 11) is 4.43. The Kier molecular flexibility index (Phi) is 9.02. The minimum absolute atomic E-state index is 0.189. The fraction of sp³-hybridized carbons (Fsp3) is 0.423. The van der Waals surface area contributed by atoms with E-state index >= 15 is 0 Å². The molecule has 0 spiro atoms. The van der Waals surface area contributed by atoms with Crippen molar-refractivity contribution in [1.82, 2.24) is 19.4 Å². The number of nitrogens with zero attached hydrogens (tertiary/aromatic N) is 5. The van der Waals surface area contributed by atoms with Crippen molar-refractivity contribution in [2.24, 2.45) is 7.05 Å². The van der Waals surface area contributed by atoms with Crippen LogP contribution in [0, 0.1) is 5.82 Å². The molecule has 0 aliphatic carbocycles. The van der Waals surface area contributed by atoms with Gasteiger partial charge in [-0.3, -0.25) is 19.2 Å². The Morgan fingerprint density at radius 1 is 1.28 bits per heavy atom. The molecule has 0 bridgehead atoms. The van der Waals surface area contributed by atoms with E-state index in [4.69, 9.17) is 9.47 Å². The summed E-state index contributed by atoms with van der Waals surface area (Å²) in [5, 5.41) is 0. The SMILES string of the molecule is CCN(CP)CCCOc1ccc(C2CN(c3nc(-c4ccncc4F)cc(=O)n3C)CCO2)cc1. The van der Waals surface area contributed by atoms with Crippen LogP contribution >= 0.6 is 9.24 Å². The summed E-state index contributed by atoms with van der Waals surface area (Å²) >= 11 is 0. The molecule has 1 aromatic carbocycles. The summed E-state index contributed by atoms with van der Waals surface area (Å²) in [6, 6.07) is 10.8. The maximum Gasteiger partial charge on any atom is 0.255 e. The molecule has 2 atom stereocenters. The van der Waals surface area contributed by atoms with Crippen molar-refractivity contribution in [3.05, 3.63) is 70.5 Å². The second-order valence-corrected chi connectivity index (χ2v) is 9.03. The van der Waals surface area contributed by atoms with Crippen molar-refractivity contribution in [3.63, 3.8) is 0 Å². The molecule has 4 rings (SSSR count). The maximum atomic E-state index is 14.3. The van der Waals surface area contributed by atoms with Gasteiger partial charge in [0.25, 0.3) is 5.56 Å².